The van der Waals surface area contributed by atoms with Crippen LogP contribution >= 0.6 is 0 Å². The number of rotatable bonds is 8. The fourth-order valence-corrected chi connectivity index (χ4v) is 4.72. The van der Waals surface area contributed by atoms with Gasteiger partial charge in [-0.2, -0.15) is 5.10 Å². The molecule has 1 amide bonds. The zero-order valence-corrected chi connectivity index (χ0v) is 14.7. The summed E-state index contributed by atoms with van der Waals surface area (Å²) in [6.07, 6.45) is 6.10. The van der Waals surface area contributed by atoms with Crippen molar-refractivity contribution in [3.63, 3.8) is 0 Å². The van der Waals surface area contributed by atoms with E-state index in [-0.39, 0.29) is 29.3 Å². The van der Waals surface area contributed by atoms with E-state index in [2.05, 4.69) is 9.82 Å². The molecule has 2 aliphatic rings. The molecule has 3 rings (SSSR count). The van der Waals surface area contributed by atoms with Gasteiger partial charge in [0.05, 0.1) is 12.7 Å². The van der Waals surface area contributed by atoms with Gasteiger partial charge in [-0.25, -0.2) is 13.1 Å². The Morgan fingerprint density at radius 1 is 1.42 bits per heavy atom. The number of hydrogen-bond acceptors (Lipinski definition) is 5. The second-order valence-corrected chi connectivity index (χ2v) is 8.54. The average Bonchev–Trinajstić information content (AvgIpc) is 3.09. The fourth-order valence-electron chi connectivity index (χ4n) is 3.49. The van der Waals surface area contributed by atoms with Gasteiger partial charge >= 0.3 is 0 Å². The molecular formula is C15H25N5O3S. The van der Waals surface area contributed by atoms with Gasteiger partial charge in [0.1, 0.15) is 4.90 Å². The summed E-state index contributed by atoms with van der Waals surface area (Å²) >= 11 is 0. The lowest BCUT2D eigenvalue weighted by Gasteiger charge is -2.18. The molecular weight excluding hydrogens is 330 g/mol. The van der Waals surface area contributed by atoms with Gasteiger partial charge in [0, 0.05) is 31.9 Å². The molecule has 1 aliphatic carbocycles. The number of aromatic nitrogens is 2. The molecule has 1 saturated carbocycles. The van der Waals surface area contributed by atoms with Gasteiger partial charge in [0.2, 0.25) is 15.9 Å². The average molecular weight is 355 g/mol. The first kappa shape index (κ1) is 17.4. The lowest BCUT2D eigenvalue weighted by Crippen LogP contribution is -2.41. The Kier molecular flexibility index (Phi) is 4.93. The highest BCUT2D eigenvalue weighted by atomic mass is 32.2. The van der Waals surface area contributed by atoms with Gasteiger partial charge in [-0.15, -0.1) is 0 Å². The van der Waals surface area contributed by atoms with Crippen LogP contribution < -0.4 is 10.5 Å². The standard InChI is InChI=1S/C15H25N5O3S/c1-2-5-20-7-12(6-17-20)24(22,23)18-14-9-19(10-15(16)21)8-13(14)11-3-4-11/h6-7,11,13-14,18H,2-5,8-10H2,1H3,(H2,16,21)/t13-,14+/m1/s1. The number of nitrogens with one attached hydrogen (secondary N) is 1. The third-order valence-electron chi connectivity index (χ3n) is 4.73. The highest BCUT2D eigenvalue weighted by molar-refractivity contribution is 7.89. The summed E-state index contributed by atoms with van der Waals surface area (Å²) in [4.78, 5) is 13.3. The molecule has 1 aliphatic heterocycles. The van der Waals surface area contributed by atoms with Crippen LogP contribution in [0.1, 0.15) is 26.2 Å². The molecule has 0 aromatic carbocycles. The van der Waals surface area contributed by atoms with Crippen molar-refractivity contribution in [2.75, 3.05) is 19.6 Å². The summed E-state index contributed by atoms with van der Waals surface area (Å²) < 4.78 is 29.8. The molecule has 0 unspecified atom stereocenters. The van der Waals surface area contributed by atoms with E-state index in [1.807, 2.05) is 11.8 Å². The number of sulfonamides is 1. The normalized spacial score (nSPS) is 25.2. The molecule has 8 nitrogen and oxygen atoms in total. The van der Waals surface area contributed by atoms with E-state index in [9.17, 15) is 13.2 Å². The van der Waals surface area contributed by atoms with Crippen LogP contribution in [0.2, 0.25) is 0 Å². The van der Waals surface area contributed by atoms with E-state index < -0.39 is 10.0 Å². The van der Waals surface area contributed by atoms with Crippen LogP contribution in [-0.4, -0.2) is 54.7 Å². The van der Waals surface area contributed by atoms with Crippen molar-refractivity contribution < 1.29 is 13.2 Å². The number of hydrogen-bond donors (Lipinski definition) is 2. The Morgan fingerprint density at radius 2 is 2.17 bits per heavy atom. The summed E-state index contributed by atoms with van der Waals surface area (Å²) in [5.74, 6) is 0.400. The largest absolute Gasteiger partial charge is 0.369 e. The highest BCUT2D eigenvalue weighted by Crippen LogP contribution is 2.41. The predicted octanol–water partition coefficient (Wildman–Crippen LogP) is -0.233. The number of carbonyl (C=O) groups is 1. The van der Waals surface area contributed by atoms with Gasteiger partial charge < -0.3 is 5.73 Å². The molecule has 1 aromatic rings. The summed E-state index contributed by atoms with van der Waals surface area (Å²) in [5.41, 5.74) is 5.27. The number of aryl methyl sites for hydroxylation is 1. The number of carbonyl (C=O) groups excluding carboxylic acids is 1. The second-order valence-electron chi connectivity index (χ2n) is 6.83. The minimum atomic E-state index is -3.61. The molecule has 1 aromatic heterocycles. The first-order chi connectivity index (χ1) is 11.4. The van der Waals surface area contributed by atoms with Gasteiger partial charge in [0.25, 0.3) is 0 Å². The Labute approximate surface area is 142 Å². The maximum Gasteiger partial charge on any atom is 0.243 e. The molecule has 9 heteroatoms. The summed E-state index contributed by atoms with van der Waals surface area (Å²) in [6.45, 7) is 4.12. The van der Waals surface area contributed by atoms with Crippen LogP contribution in [0.15, 0.2) is 17.3 Å². The van der Waals surface area contributed by atoms with E-state index in [4.69, 9.17) is 5.73 Å². The fraction of sp³-hybridized carbons (Fsp3) is 0.733. The lowest BCUT2D eigenvalue weighted by atomic mass is 9.99. The Bertz CT molecular complexity index is 698. The SMILES string of the molecule is CCCn1cc(S(=O)(=O)N[C@H]2CN(CC(N)=O)C[C@@H]2C2CC2)cn1. The first-order valence-corrected chi connectivity index (χ1v) is 9.93. The summed E-state index contributed by atoms with van der Waals surface area (Å²) in [6, 6.07) is -0.184. The van der Waals surface area contributed by atoms with E-state index in [0.717, 1.165) is 25.8 Å². The van der Waals surface area contributed by atoms with Crippen LogP contribution in [0.3, 0.4) is 0 Å². The highest BCUT2D eigenvalue weighted by Gasteiger charge is 2.44. The quantitative estimate of drug-likeness (QED) is 0.669. The molecule has 2 heterocycles. The number of nitrogens with two attached hydrogens (primary N) is 1. The van der Waals surface area contributed by atoms with E-state index in [0.29, 0.717) is 19.0 Å². The topological polar surface area (TPSA) is 110 Å². The first-order valence-electron chi connectivity index (χ1n) is 8.44. The van der Waals surface area contributed by atoms with Crippen molar-refractivity contribution >= 4 is 15.9 Å². The minimum absolute atomic E-state index is 0.176. The third-order valence-corrected chi connectivity index (χ3v) is 6.17. The molecule has 2 fully saturated rings. The summed E-state index contributed by atoms with van der Waals surface area (Å²) in [7, 11) is -3.61. The number of likely N-dealkylation sites (tertiary alicyclic amines) is 1. The van der Waals surface area contributed by atoms with Crippen LogP contribution in [-0.2, 0) is 21.4 Å². The third kappa shape index (κ3) is 3.96. The lowest BCUT2D eigenvalue weighted by molar-refractivity contribution is -0.118. The molecule has 0 spiro atoms. The molecule has 3 N–H and O–H groups in total. The Morgan fingerprint density at radius 3 is 2.79 bits per heavy atom. The van der Waals surface area contributed by atoms with Gasteiger partial charge in [-0.1, -0.05) is 6.92 Å². The smallest absolute Gasteiger partial charge is 0.243 e. The predicted molar refractivity (Wildman–Crippen MR) is 88.5 cm³/mol. The van der Waals surface area contributed by atoms with Gasteiger partial charge in [-0.05, 0) is 31.1 Å². The Hall–Kier alpha value is -1.45. The molecule has 2 atom stereocenters. The Balaban J connectivity index is 1.70. The monoisotopic (exact) mass is 355 g/mol. The van der Waals surface area contributed by atoms with Crippen LogP contribution in [0, 0.1) is 11.8 Å². The van der Waals surface area contributed by atoms with Crippen LogP contribution in [0.5, 0.6) is 0 Å². The van der Waals surface area contributed by atoms with E-state index in [1.165, 1.54) is 6.20 Å². The second kappa shape index (κ2) is 6.81. The van der Waals surface area contributed by atoms with E-state index in [1.54, 1.807) is 10.9 Å². The van der Waals surface area contributed by atoms with E-state index >= 15 is 0 Å². The van der Waals surface area contributed by atoms with Crippen molar-refractivity contribution in [3.8, 4) is 0 Å². The van der Waals surface area contributed by atoms with Crippen molar-refractivity contribution in [1.82, 2.24) is 19.4 Å². The molecule has 0 radical (unpaired) electrons. The van der Waals surface area contributed by atoms with Crippen molar-refractivity contribution in [2.24, 2.45) is 17.6 Å². The number of nitrogens with zero attached hydrogens (tertiary/aromatic N) is 3. The van der Waals surface area contributed by atoms with Gasteiger partial charge in [-0.3, -0.25) is 14.4 Å². The van der Waals surface area contributed by atoms with Gasteiger partial charge in [0.15, 0.2) is 0 Å². The van der Waals surface area contributed by atoms with Crippen LogP contribution in [0.4, 0.5) is 0 Å². The molecule has 0 bridgehead atoms. The molecule has 24 heavy (non-hydrogen) atoms. The minimum Gasteiger partial charge on any atom is -0.369 e. The van der Waals surface area contributed by atoms with Crippen molar-refractivity contribution in [1.29, 1.82) is 0 Å². The maximum absolute atomic E-state index is 12.6. The molecule has 134 valence electrons. The molecule has 1 saturated heterocycles. The van der Waals surface area contributed by atoms with Crippen LogP contribution in [0.25, 0.3) is 0 Å². The zero-order valence-electron chi connectivity index (χ0n) is 13.9. The van der Waals surface area contributed by atoms with Crippen molar-refractivity contribution in [2.45, 2.75) is 43.7 Å². The summed E-state index contributed by atoms with van der Waals surface area (Å²) in [5, 5.41) is 4.09. The van der Waals surface area contributed by atoms with Crippen molar-refractivity contribution in [3.05, 3.63) is 12.4 Å². The maximum atomic E-state index is 12.6. The number of primary amides is 1. The zero-order chi connectivity index (χ0) is 17.3. The number of amides is 1.